The second kappa shape index (κ2) is 5.99. The molecule has 0 fully saturated rings. The van der Waals surface area contributed by atoms with Crippen molar-refractivity contribution in [3.05, 3.63) is 53.5 Å². The molecule has 0 saturated heterocycles. The summed E-state index contributed by atoms with van der Waals surface area (Å²) in [5.41, 5.74) is -0.331. The van der Waals surface area contributed by atoms with Gasteiger partial charge in [0.05, 0.1) is 24.6 Å². The van der Waals surface area contributed by atoms with Crippen LogP contribution in [0.2, 0.25) is 0 Å². The molecule has 1 N–H and O–H groups in total. The average Bonchev–Trinajstić information content (AvgIpc) is 2.45. The fourth-order valence-corrected chi connectivity index (χ4v) is 1.71. The summed E-state index contributed by atoms with van der Waals surface area (Å²) >= 11 is 0. The molecule has 0 saturated carbocycles. The van der Waals surface area contributed by atoms with Crippen molar-refractivity contribution >= 4 is 5.69 Å². The van der Waals surface area contributed by atoms with E-state index < -0.39 is 17.6 Å². The van der Waals surface area contributed by atoms with Gasteiger partial charge >= 0.3 is 6.18 Å². The van der Waals surface area contributed by atoms with Crippen molar-refractivity contribution in [1.29, 1.82) is 0 Å². The van der Waals surface area contributed by atoms with E-state index in [4.69, 9.17) is 4.74 Å². The summed E-state index contributed by atoms with van der Waals surface area (Å²) in [5, 5.41) is 2.90. The maximum atomic E-state index is 13.1. The van der Waals surface area contributed by atoms with Crippen molar-refractivity contribution in [2.75, 3.05) is 12.4 Å². The molecule has 0 aliphatic carbocycles. The first-order chi connectivity index (χ1) is 9.90. The highest BCUT2D eigenvalue weighted by Crippen LogP contribution is 2.32. The first-order valence-electron chi connectivity index (χ1n) is 5.99. The van der Waals surface area contributed by atoms with Gasteiger partial charge in [0.2, 0.25) is 5.88 Å². The minimum absolute atomic E-state index is 0.122. The van der Waals surface area contributed by atoms with Crippen LogP contribution in [-0.4, -0.2) is 12.1 Å². The molecule has 2 rings (SSSR count). The Morgan fingerprint density at radius 3 is 2.52 bits per heavy atom. The minimum atomic E-state index is -4.71. The normalized spacial score (nSPS) is 11.3. The predicted molar refractivity (Wildman–Crippen MR) is 69.5 cm³/mol. The first-order valence-corrected chi connectivity index (χ1v) is 5.99. The van der Waals surface area contributed by atoms with Gasteiger partial charge in [0, 0.05) is 12.6 Å². The van der Waals surface area contributed by atoms with E-state index in [0.717, 1.165) is 12.1 Å². The van der Waals surface area contributed by atoms with Crippen LogP contribution in [0, 0.1) is 5.82 Å². The molecule has 0 aliphatic heterocycles. The number of alkyl halides is 3. The highest BCUT2D eigenvalue weighted by atomic mass is 19.4. The van der Waals surface area contributed by atoms with Crippen LogP contribution < -0.4 is 10.1 Å². The van der Waals surface area contributed by atoms with Crippen LogP contribution in [0.3, 0.4) is 0 Å². The van der Waals surface area contributed by atoms with Crippen LogP contribution in [0.5, 0.6) is 5.88 Å². The van der Waals surface area contributed by atoms with Crippen molar-refractivity contribution in [2.45, 2.75) is 12.7 Å². The molecule has 1 heterocycles. The number of aromatic nitrogens is 1. The molecule has 0 atom stereocenters. The Bertz CT molecular complexity index is 611. The van der Waals surface area contributed by atoms with E-state index in [1.807, 2.05) is 0 Å². The predicted octanol–water partition coefficient (Wildman–Crippen LogP) is 3.86. The maximum Gasteiger partial charge on any atom is 0.419 e. The molecule has 21 heavy (non-hydrogen) atoms. The summed E-state index contributed by atoms with van der Waals surface area (Å²) in [6.45, 7) is 0.122. The quantitative estimate of drug-likeness (QED) is 0.871. The van der Waals surface area contributed by atoms with E-state index >= 15 is 0 Å². The third kappa shape index (κ3) is 3.84. The Labute approximate surface area is 118 Å². The summed E-state index contributed by atoms with van der Waals surface area (Å²) in [5.74, 6) is -0.848. The SMILES string of the molecule is COc1ccc(NCc2ccc(F)c(C(F)(F)F)c2)cn1. The standard InChI is InChI=1S/C14H12F4N2O/c1-21-13-5-3-10(8-20-13)19-7-9-2-4-12(15)11(6-9)14(16,17)18/h2-6,8,19H,7H2,1H3. The number of halogens is 4. The number of hydrogen-bond acceptors (Lipinski definition) is 3. The zero-order valence-corrected chi connectivity index (χ0v) is 11.0. The van der Waals surface area contributed by atoms with Gasteiger partial charge in [-0.25, -0.2) is 9.37 Å². The van der Waals surface area contributed by atoms with Crippen molar-refractivity contribution in [1.82, 2.24) is 4.98 Å². The minimum Gasteiger partial charge on any atom is -0.481 e. The van der Waals surface area contributed by atoms with Gasteiger partial charge in [-0.15, -0.1) is 0 Å². The third-order valence-electron chi connectivity index (χ3n) is 2.78. The van der Waals surface area contributed by atoms with Crippen molar-refractivity contribution in [3.8, 4) is 5.88 Å². The lowest BCUT2D eigenvalue weighted by atomic mass is 10.1. The van der Waals surface area contributed by atoms with Gasteiger partial charge in [-0.1, -0.05) is 6.07 Å². The Morgan fingerprint density at radius 2 is 1.95 bits per heavy atom. The summed E-state index contributed by atoms with van der Waals surface area (Å²) in [6.07, 6.45) is -3.21. The number of methoxy groups -OCH3 is 1. The zero-order chi connectivity index (χ0) is 15.5. The van der Waals surface area contributed by atoms with Crippen LogP contribution in [-0.2, 0) is 12.7 Å². The zero-order valence-electron chi connectivity index (χ0n) is 11.0. The lowest BCUT2D eigenvalue weighted by Gasteiger charge is -2.11. The van der Waals surface area contributed by atoms with Crippen LogP contribution in [0.1, 0.15) is 11.1 Å². The van der Waals surface area contributed by atoms with Crippen molar-refractivity contribution in [3.63, 3.8) is 0 Å². The van der Waals surface area contributed by atoms with Gasteiger partial charge in [-0.2, -0.15) is 13.2 Å². The average molecular weight is 300 g/mol. The molecule has 0 spiro atoms. The van der Waals surface area contributed by atoms with E-state index in [1.54, 1.807) is 12.1 Å². The summed E-state index contributed by atoms with van der Waals surface area (Å²) < 4.78 is 55.8. The lowest BCUT2D eigenvalue weighted by molar-refractivity contribution is -0.140. The summed E-state index contributed by atoms with van der Waals surface area (Å²) in [6, 6.07) is 6.20. The van der Waals surface area contributed by atoms with Gasteiger partial charge in [0.25, 0.3) is 0 Å². The van der Waals surface area contributed by atoms with Gasteiger partial charge in [-0.05, 0) is 23.8 Å². The van der Waals surface area contributed by atoms with E-state index in [9.17, 15) is 17.6 Å². The molecule has 7 heteroatoms. The Morgan fingerprint density at radius 1 is 1.19 bits per heavy atom. The fraction of sp³-hybridized carbons (Fsp3) is 0.214. The second-order valence-electron chi connectivity index (χ2n) is 4.25. The van der Waals surface area contributed by atoms with Gasteiger partial charge in [0.1, 0.15) is 5.82 Å². The molecule has 0 amide bonds. The van der Waals surface area contributed by atoms with E-state index in [0.29, 0.717) is 17.1 Å². The molecule has 2 aromatic rings. The Kier molecular flexibility index (Phi) is 4.30. The van der Waals surface area contributed by atoms with E-state index in [1.165, 1.54) is 19.4 Å². The van der Waals surface area contributed by atoms with Gasteiger partial charge in [0.15, 0.2) is 0 Å². The maximum absolute atomic E-state index is 13.1. The molecule has 0 aliphatic rings. The highest BCUT2D eigenvalue weighted by molar-refractivity contribution is 5.43. The number of hydrogen-bond donors (Lipinski definition) is 1. The van der Waals surface area contributed by atoms with Crippen molar-refractivity contribution < 1.29 is 22.3 Å². The molecule has 112 valence electrons. The summed E-state index contributed by atoms with van der Waals surface area (Å²) in [7, 11) is 1.48. The molecule has 1 aromatic heterocycles. The summed E-state index contributed by atoms with van der Waals surface area (Å²) in [4.78, 5) is 3.96. The number of ether oxygens (including phenoxy) is 1. The number of rotatable bonds is 4. The third-order valence-corrected chi connectivity index (χ3v) is 2.78. The molecule has 1 aromatic carbocycles. The van der Waals surface area contributed by atoms with Crippen LogP contribution in [0.4, 0.5) is 23.2 Å². The Hall–Kier alpha value is -2.31. The second-order valence-corrected chi connectivity index (χ2v) is 4.25. The van der Waals surface area contributed by atoms with Crippen LogP contribution >= 0.6 is 0 Å². The first kappa shape index (κ1) is 15.1. The molecule has 0 unspecified atom stereocenters. The van der Waals surface area contributed by atoms with Crippen LogP contribution in [0.15, 0.2) is 36.5 Å². The molecule has 0 bridgehead atoms. The molecular formula is C14H12F4N2O. The number of anilines is 1. The molecule has 0 radical (unpaired) electrons. The topological polar surface area (TPSA) is 34.1 Å². The number of pyridine rings is 1. The molecular weight excluding hydrogens is 288 g/mol. The highest BCUT2D eigenvalue weighted by Gasteiger charge is 2.34. The largest absolute Gasteiger partial charge is 0.481 e. The fourth-order valence-electron chi connectivity index (χ4n) is 1.71. The number of nitrogens with zero attached hydrogens (tertiary/aromatic N) is 1. The lowest BCUT2D eigenvalue weighted by Crippen LogP contribution is -2.10. The van der Waals surface area contributed by atoms with E-state index in [2.05, 4.69) is 10.3 Å². The smallest absolute Gasteiger partial charge is 0.419 e. The Balaban J connectivity index is 2.09. The van der Waals surface area contributed by atoms with Gasteiger partial charge in [-0.3, -0.25) is 0 Å². The number of nitrogens with one attached hydrogen (secondary N) is 1. The molecule has 3 nitrogen and oxygen atoms in total. The monoisotopic (exact) mass is 300 g/mol. The number of benzene rings is 1. The van der Waals surface area contributed by atoms with E-state index in [-0.39, 0.29) is 6.54 Å². The van der Waals surface area contributed by atoms with Crippen molar-refractivity contribution in [2.24, 2.45) is 0 Å². The van der Waals surface area contributed by atoms with Crippen LogP contribution in [0.25, 0.3) is 0 Å². The van der Waals surface area contributed by atoms with Gasteiger partial charge < -0.3 is 10.1 Å².